The van der Waals surface area contributed by atoms with Crippen LogP contribution < -0.4 is 10.6 Å². The molecule has 0 aliphatic heterocycles. The largest absolute Gasteiger partial charge is 0.355 e. The molecule has 0 aromatic heterocycles. The first-order chi connectivity index (χ1) is 17.3. The molecular weight excluding hydrogens is 496 g/mol. The number of benzene rings is 2. The first-order valence-electron chi connectivity index (χ1n) is 12.7. The highest BCUT2D eigenvalue weighted by atomic mass is 35.5. The summed E-state index contributed by atoms with van der Waals surface area (Å²) in [7, 11) is 5.51. The van der Waals surface area contributed by atoms with Gasteiger partial charge in [-0.05, 0) is 101 Å². The van der Waals surface area contributed by atoms with E-state index in [4.69, 9.17) is 11.6 Å². The number of nitrogens with one attached hydrogen (secondary N) is 2. The van der Waals surface area contributed by atoms with Crippen LogP contribution in [0.1, 0.15) is 64.7 Å². The smallest absolute Gasteiger partial charge is 0.251 e. The van der Waals surface area contributed by atoms with Crippen LogP contribution in [-0.2, 0) is 11.2 Å². The molecule has 8 heteroatoms. The van der Waals surface area contributed by atoms with E-state index in [2.05, 4.69) is 10.6 Å². The highest BCUT2D eigenvalue weighted by Gasteiger charge is 2.63. The zero-order valence-electron chi connectivity index (χ0n) is 22.6. The maximum absolute atomic E-state index is 14.7. The van der Waals surface area contributed by atoms with Crippen LogP contribution in [0.3, 0.4) is 0 Å². The predicted octanol–water partition coefficient (Wildman–Crippen LogP) is 5.51. The third-order valence-electron chi connectivity index (χ3n) is 7.88. The summed E-state index contributed by atoms with van der Waals surface area (Å²) in [5, 5.41) is 6.19. The number of halogens is 3. The van der Waals surface area contributed by atoms with E-state index >= 15 is 0 Å². The third-order valence-corrected chi connectivity index (χ3v) is 8.13. The number of carbonyl (C=O) groups is 2. The molecule has 1 aliphatic carbocycles. The molecule has 202 valence electrons. The van der Waals surface area contributed by atoms with E-state index in [1.54, 1.807) is 31.3 Å². The minimum absolute atomic E-state index is 0.00983. The van der Waals surface area contributed by atoms with Gasteiger partial charge in [0.05, 0.1) is 0 Å². The molecule has 3 rings (SSSR count). The van der Waals surface area contributed by atoms with Crippen LogP contribution in [-0.4, -0.2) is 56.4 Å². The van der Waals surface area contributed by atoms with E-state index in [0.717, 1.165) is 23.6 Å². The zero-order valence-corrected chi connectivity index (χ0v) is 23.3. The molecule has 2 amide bonds. The van der Waals surface area contributed by atoms with Crippen LogP contribution in [0.25, 0.3) is 0 Å². The normalized spacial score (nSPS) is 16.3. The lowest BCUT2D eigenvalue weighted by Gasteiger charge is -2.32. The van der Waals surface area contributed by atoms with Crippen molar-refractivity contribution in [3.63, 3.8) is 0 Å². The van der Waals surface area contributed by atoms with Gasteiger partial charge in [-0.2, -0.15) is 0 Å². The average Bonchev–Trinajstić information content (AvgIpc) is 3.63. The summed E-state index contributed by atoms with van der Waals surface area (Å²) in [5.74, 6) is -3.86. The van der Waals surface area contributed by atoms with E-state index < -0.39 is 17.3 Å². The van der Waals surface area contributed by atoms with E-state index in [1.165, 1.54) is 0 Å². The molecule has 0 saturated heterocycles. The topological polar surface area (TPSA) is 61.4 Å². The van der Waals surface area contributed by atoms with Crippen molar-refractivity contribution in [3.05, 3.63) is 69.2 Å². The Morgan fingerprint density at radius 1 is 1.11 bits per heavy atom. The maximum atomic E-state index is 14.7. The molecule has 0 unspecified atom stereocenters. The van der Waals surface area contributed by atoms with Gasteiger partial charge in [-0.15, -0.1) is 0 Å². The maximum Gasteiger partial charge on any atom is 0.251 e. The van der Waals surface area contributed by atoms with Gasteiger partial charge in [0.15, 0.2) is 0 Å². The van der Waals surface area contributed by atoms with Crippen molar-refractivity contribution in [1.82, 2.24) is 15.5 Å². The number of carbonyl (C=O) groups excluding carboxylic acids is 2. The second-order valence-electron chi connectivity index (χ2n) is 10.6. The van der Waals surface area contributed by atoms with Gasteiger partial charge in [-0.25, -0.2) is 8.78 Å². The number of nitrogens with zero attached hydrogens (tertiary/aromatic N) is 1. The molecule has 1 aliphatic rings. The van der Waals surface area contributed by atoms with Crippen molar-refractivity contribution in [2.24, 2.45) is 5.41 Å². The number of hydrogen-bond acceptors (Lipinski definition) is 3. The van der Waals surface area contributed by atoms with E-state index in [0.29, 0.717) is 42.0 Å². The van der Waals surface area contributed by atoms with Crippen LogP contribution in [0.2, 0.25) is 5.02 Å². The summed E-state index contributed by atoms with van der Waals surface area (Å²) in [4.78, 5) is 27.2. The van der Waals surface area contributed by atoms with Gasteiger partial charge < -0.3 is 15.5 Å². The summed E-state index contributed by atoms with van der Waals surface area (Å²) in [6, 6.07) is 10.6. The third kappa shape index (κ3) is 6.68. The highest BCUT2D eigenvalue weighted by molar-refractivity contribution is 6.30. The van der Waals surface area contributed by atoms with Gasteiger partial charge in [0, 0.05) is 48.0 Å². The molecule has 2 atom stereocenters. The Hall–Kier alpha value is -2.51. The molecule has 2 aromatic rings. The van der Waals surface area contributed by atoms with E-state index in [-0.39, 0.29) is 24.3 Å². The standard InChI is InChI=1S/C29H38ClF2N3O2/c1-18-13-21(27(37)33-4)14-19(2)24(18)15-23(35(5)6)17-34-26(36)16-25(20-7-9-22(30)10-8-20)29(11-12-29)28(3,31)32/h7-10,13-14,23,25H,11-12,15-17H2,1-6H3,(H,33,37)(H,34,36)/t23-,25-/m0/s1. The van der Waals surface area contributed by atoms with E-state index in [9.17, 15) is 18.4 Å². The van der Waals surface area contributed by atoms with Gasteiger partial charge >= 0.3 is 0 Å². The molecule has 37 heavy (non-hydrogen) atoms. The lowest BCUT2D eigenvalue weighted by atomic mass is 9.77. The minimum Gasteiger partial charge on any atom is -0.355 e. The minimum atomic E-state index is -2.89. The van der Waals surface area contributed by atoms with Crippen LogP contribution in [0.4, 0.5) is 8.78 Å². The summed E-state index contributed by atoms with van der Waals surface area (Å²) >= 11 is 6.02. The Labute approximate surface area is 224 Å². The Morgan fingerprint density at radius 2 is 1.68 bits per heavy atom. The summed E-state index contributed by atoms with van der Waals surface area (Å²) in [6.45, 7) is 5.31. The number of alkyl halides is 2. The monoisotopic (exact) mass is 533 g/mol. The lowest BCUT2D eigenvalue weighted by Crippen LogP contribution is -2.43. The van der Waals surface area contributed by atoms with Gasteiger partial charge in [-0.3, -0.25) is 9.59 Å². The summed E-state index contributed by atoms with van der Waals surface area (Å²) < 4.78 is 29.4. The first kappa shape index (κ1) is 29.1. The van der Waals surface area contributed by atoms with Gasteiger partial charge in [-0.1, -0.05) is 23.7 Å². The molecule has 0 radical (unpaired) electrons. The predicted molar refractivity (Wildman–Crippen MR) is 145 cm³/mol. The van der Waals surface area contributed by atoms with Crippen LogP contribution in [0.5, 0.6) is 0 Å². The van der Waals surface area contributed by atoms with Crippen molar-refractivity contribution >= 4 is 23.4 Å². The van der Waals surface area contributed by atoms with Crippen LogP contribution in [0.15, 0.2) is 36.4 Å². The van der Waals surface area contributed by atoms with Gasteiger partial charge in [0.25, 0.3) is 11.8 Å². The molecule has 0 bridgehead atoms. The number of amides is 2. The Kier molecular flexibility index (Phi) is 9.01. The van der Waals surface area contributed by atoms with Gasteiger partial charge in [0.2, 0.25) is 5.91 Å². The van der Waals surface area contributed by atoms with Crippen molar-refractivity contribution in [2.45, 2.75) is 64.3 Å². The number of aryl methyl sites for hydroxylation is 2. The molecule has 0 spiro atoms. The molecule has 2 N–H and O–H groups in total. The van der Waals surface area contributed by atoms with Crippen molar-refractivity contribution in [1.29, 1.82) is 0 Å². The number of hydrogen-bond donors (Lipinski definition) is 2. The second kappa shape index (κ2) is 11.5. The molecular formula is C29H38ClF2N3O2. The van der Waals surface area contributed by atoms with Crippen molar-refractivity contribution in [2.75, 3.05) is 27.7 Å². The Bertz CT molecular complexity index is 1100. The Balaban J connectivity index is 1.73. The second-order valence-corrected chi connectivity index (χ2v) is 11.1. The fourth-order valence-electron chi connectivity index (χ4n) is 5.31. The van der Waals surface area contributed by atoms with Crippen molar-refractivity contribution < 1.29 is 18.4 Å². The van der Waals surface area contributed by atoms with Crippen LogP contribution in [0, 0.1) is 19.3 Å². The number of rotatable bonds is 11. The lowest BCUT2D eigenvalue weighted by molar-refractivity contribution is -0.123. The fraction of sp³-hybridized carbons (Fsp3) is 0.517. The zero-order chi connectivity index (χ0) is 27.5. The first-order valence-corrected chi connectivity index (χ1v) is 13.1. The summed E-state index contributed by atoms with van der Waals surface area (Å²) in [6.07, 6.45) is 1.45. The SMILES string of the molecule is CNC(=O)c1cc(C)c(C[C@@H](CNC(=O)C[C@@H](c2ccc(Cl)cc2)C2(C(C)(F)F)CC2)N(C)C)c(C)c1. The average molecular weight is 534 g/mol. The quantitative estimate of drug-likeness (QED) is 0.400. The molecule has 1 fully saturated rings. The molecule has 1 saturated carbocycles. The highest BCUT2D eigenvalue weighted by Crippen LogP contribution is 2.65. The fourth-order valence-corrected chi connectivity index (χ4v) is 5.43. The van der Waals surface area contributed by atoms with Crippen molar-refractivity contribution in [3.8, 4) is 0 Å². The molecule has 2 aromatic carbocycles. The molecule has 5 nitrogen and oxygen atoms in total. The van der Waals surface area contributed by atoms with Gasteiger partial charge in [0.1, 0.15) is 0 Å². The summed E-state index contributed by atoms with van der Waals surface area (Å²) in [5.41, 5.74) is 3.28. The number of likely N-dealkylation sites (N-methyl/N-ethyl adjacent to an activating group) is 1. The molecule has 0 heterocycles. The Morgan fingerprint density at radius 3 is 2.14 bits per heavy atom. The van der Waals surface area contributed by atoms with Crippen LogP contribution >= 0.6 is 11.6 Å². The van der Waals surface area contributed by atoms with E-state index in [1.807, 2.05) is 45.0 Å².